The van der Waals surface area contributed by atoms with Crippen LogP contribution in [0.25, 0.3) is 0 Å². The second-order valence-electron chi connectivity index (χ2n) is 10.5. The van der Waals surface area contributed by atoms with E-state index in [-0.39, 0.29) is 23.4 Å². The van der Waals surface area contributed by atoms with Crippen molar-refractivity contribution in [1.82, 2.24) is 10.2 Å². The molecule has 3 aromatic rings. The van der Waals surface area contributed by atoms with Crippen LogP contribution in [0.5, 0.6) is 5.75 Å². The van der Waals surface area contributed by atoms with Crippen LogP contribution < -0.4 is 14.4 Å². The average molecular weight is 691 g/mol. The van der Waals surface area contributed by atoms with Gasteiger partial charge in [-0.15, -0.1) is 0 Å². The number of ether oxygens (including phenoxy) is 1. The van der Waals surface area contributed by atoms with Crippen LogP contribution >= 0.6 is 27.5 Å². The Labute approximate surface area is 267 Å². The van der Waals surface area contributed by atoms with Crippen molar-refractivity contribution in [2.75, 3.05) is 17.5 Å². The van der Waals surface area contributed by atoms with E-state index in [1.165, 1.54) is 17.0 Å². The first-order valence-electron chi connectivity index (χ1n) is 14.5. The fraction of sp³-hybridized carbons (Fsp3) is 0.375. The number of sulfonamides is 1. The summed E-state index contributed by atoms with van der Waals surface area (Å²) < 4.78 is 35.4. The van der Waals surface area contributed by atoms with Crippen LogP contribution in [-0.4, -0.2) is 50.4 Å². The summed E-state index contributed by atoms with van der Waals surface area (Å²) in [6, 6.07) is 19.1. The molecule has 1 saturated carbocycles. The number of carbonyl (C=O) groups excluding carboxylic acids is 2. The summed E-state index contributed by atoms with van der Waals surface area (Å²) in [7, 11) is -4.17. The number of rotatable bonds is 13. The fourth-order valence-corrected chi connectivity index (χ4v) is 7.02. The van der Waals surface area contributed by atoms with Crippen molar-refractivity contribution in [2.24, 2.45) is 0 Å². The normalized spacial score (nSPS) is 14.2. The summed E-state index contributed by atoms with van der Waals surface area (Å²) in [5.41, 5.74) is 1.07. The first-order chi connectivity index (χ1) is 20.6. The van der Waals surface area contributed by atoms with Crippen molar-refractivity contribution < 1.29 is 22.7 Å². The van der Waals surface area contributed by atoms with E-state index >= 15 is 0 Å². The van der Waals surface area contributed by atoms with E-state index in [1.54, 1.807) is 60.7 Å². The van der Waals surface area contributed by atoms with E-state index in [9.17, 15) is 18.0 Å². The highest BCUT2D eigenvalue weighted by Crippen LogP contribution is 2.28. The molecule has 0 saturated heterocycles. The maximum Gasteiger partial charge on any atom is 0.264 e. The Bertz CT molecular complexity index is 1480. The van der Waals surface area contributed by atoms with Gasteiger partial charge in [0.25, 0.3) is 10.0 Å². The fourth-order valence-electron chi connectivity index (χ4n) is 5.21. The van der Waals surface area contributed by atoms with Gasteiger partial charge in [-0.1, -0.05) is 59.4 Å². The van der Waals surface area contributed by atoms with Crippen LogP contribution in [0.15, 0.2) is 82.2 Å². The zero-order valence-electron chi connectivity index (χ0n) is 24.3. The number of carbonyl (C=O) groups is 2. The molecule has 230 valence electrons. The molecular formula is C32H37BrClN3O5S. The summed E-state index contributed by atoms with van der Waals surface area (Å²) in [6.07, 6.45) is 4.29. The topological polar surface area (TPSA) is 96.0 Å². The molecule has 0 radical (unpaired) electrons. The van der Waals surface area contributed by atoms with Gasteiger partial charge in [0.15, 0.2) is 0 Å². The maximum atomic E-state index is 14.2. The van der Waals surface area contributed by atoms with Gasteiger partial charge in [-0.2, -0.15) is 0 Å². The minimum Gasteiger partial charge on any atom is -0.494 e. The molecule has 3 aromatic carbocycles. The Kier molecular flexibility index (Phi) is 11.5. The second-order valence-corrected chi connectivity index (χ2v) is 13.7. The molecule has 1 fully saturated rings. The third kappa shape index (κ3) is 8.52. The summed E-state index contributed by atoms with van der Waals surface area (Å²) in [6.45, 7) is 3.78. The van der Waals surface area contributed by atoms with Crippen molar-refractivity contribution in [1.29, 1.82) is 0 Å². The molecular weight excluding hydrogens is 654 g/mol. The smallest absolute Gasteiger partial charge is 0.264 e. The van der Waals surface area contributed by atoms with Crippen LogP contribution in [0.4, 0.5) is 5.69 Å². The standard InChI is InChI=1S/C32H37BrClN3O5S/c1-3-30(32(39)35-26-7-5-6-8-26)36(21-23-9-13-25(34)14-10-23)31(38)22-37(27-15-17-28(18-16-27)42-4-2)43(40,41)29-19-11-24(33)12-20-29/h9-20,26,30H,3-8,21-22H2,1-2H3,(H,35,39). The maximum absolute atomic E-state index is 14.2. The summed E-state index contributed by atoms with van der Waals surface area (Å²) in [5.74, 6) is -0.157. The summed E-state index contributed by atoms with van der Waals surface area (Å²) >= 11 is 9.45. The van der Waals surface area contributed by atoms with E-state index in [0.717, 1.165) is 40.0 Å². The van der Waals surface area contributed by atoms with Gasteiger partial charge in [0.2, 0.25) is 11.8 Å². The van der Waals surface area contributed by atoms with Crippen molar-refractivity contribution in [3.63, 3.8) is 0 Å². The van der Waals surface area contributed by atoms with Gasteiger partial charge in [0, 0.05) is 22.1 Å². The molecule has 43 heavy (non-hydrogen) atoms. The average Bonchev–Trinajstić information content (AvgIpc) is 3.50. The number of nitrogens with zero attached hydrogens (tertiary/aromatic N) is 2. The van der Waals surface area contributed by atoms with Gasteiger partial charge in [0.05, 0.1) is 17.2 Å². The van der Waals surface area contributed by atoms with Gasteiger partial charge in [0.1, 0.15) is 18.3 Å². The van der Waals surface area contributed by atoms with Gasteiger partial charge >= 0.3 is 0 Å². The summed E-state index contributed by atoms with van der Waals surface area (Å²) in [5, 5.41) is 3.67. The van der Waals surface area contributed by atoms with Crippen molar-refractivity contribution >= 4 is 55.1 Å². The SMILES string of the molecule is CCOc1ccc(N(CC(=O)N(Cc2ccc(Cl)cc2)C(CC)C(=O)NC2CCCC2)S(=O)(=O)c2ccc(Br)cc2)cc1. The number of anilines is 1. The molecule has 0 aromatic heterocycles. The first kappa shape index (κ1) is 32.8. The zero-order valence-corrected chi connectivity index (χ0v) is 27.5. The summed E-state index contributed by atoms with van der Waals surface area (Å²) in [4.78, 5) is 29.3. The number of hydrogen-bond acceptors (Lipinski definition) is 5. The number of hydrogen-bond donors (Lipinski definition) is 1. The van der Waals surface area contributed by atoms with Crippen LogP contribution in [0.2, 0.25) is 5.02 Å². The number of nitrogens with one attached hydrogen (secondary N) is 1. The van der Waals surface area contributed by atoms with Gasteiger partial charge in [-0.05, 0) is 92.4 Å². The van der Waals surface area contributed by atoms with Gasteiger partial charge in [-0.25, -0.2) is 8.42 Å². The van der Waals surface area contributed by atoms with Crippen molar-refractivity contribution in [3.05, 3.63) is 87.9 Å². The molecule has 1 aliphatic rings. The van der Waals surface area contributed by atoms with Crippen LogP contribution in [0.1, 0.15) is 51.5 Å². The largest absolute Gasteiger partial charge is 0.494 e. The lowest BCUT2D eigenvalue weighted by Gasteiger charge is -2.33. The minimum atomic E-state index is -4.17. The molecule has 1 atom stereocenters. The van der Waals surface area contributed by atoms with E-state index < -0.39 is 28.5 Å². The second kappa shape index (κ2) is 15.1. The molecule has 1 unspecified atom stereocenters. The predicted molar refractivity (Wildman–Crippen MR) is 173 cm³/mol. The molecule has 1 N–H and O–H groups in total. The molecule has 8 nitrogen and oxygen atoms in total. The lowest BCUT2D eigenvalue weighted by molar-refractivity contribution is -0.140. The molecule has 0 bridgehead atoms. The number of benzene rings is 3. The third-order valence-corrected chi connectivity index (χ3v) is 10.0. The van der Waals surface area contributed by atoms with E-state index in [2.05, 4.69) is 21.2 Å². The number of amides is 2. The Hall–Kier alpha value is -3.08. The molecule has 1 aliphatic carbocycles. The van der Waals surface area contributed by atoms with Crippen LogP contribution in [0, 0.1) is 0 Å². The molecule has 0 aliphatic heterocycles. The van der Waals surface area contributed by atoms with Crippen molar-refractivity contribution in [3.8, 4) is 5.75 Å². The van der Waals surface area contributed by atoms with E-state index in [0.29, 0.717) is 29.5 Å². The highest BCUT2D eigenvalue weighted by molar-refractivity contribution is 9.10. The zero-order chi connectivity index (χ0) is 31.0. The highest BCUT2D eigenvalue weighted by Gasteiger charge is 2.34. The lowest BCUT2D eigenvalue weighted by Crippen LogP contribution is -2.53. The quantitative estimate of drug-likeness (QED) is 0.219. The minimum absolute atomic E-state index is 0.0349. The Morgan fingerprint density at radius 3 is 2.19 bits per heavy atom. The lowest BCUT2D eigenvalue weighted by atomic mass is 10.1. The first-order valence-corrected chi connectivity index (χ1v) is 17.1. The Morgan fingerprint density at radius 1 is 0.977 bits per heavy atom. The molecule has 11 heteroatoms. The van der Waals surface area contributed by atoms with Crippen LogP contribution in [-0.2, 0) is 26.2 Å². The van der Waals surface area contributed by atoms with Crippen molar-refractivity contribution in [2.45, 2.75) is 69.5 Å². The molecule has 0 spiro atoms. The van der Waals surface area contributed by atoms with Gasteiger partial charge < -0.3 is 15.0 Å². The van der Waals surface area contributed by atoms with E-state index in [1.807, 2.05) is 13.8 Å². The monoisotopic (exact) mass is 689 g/mol. The predicted octanol–water partition coefficient (Wildman–Crippen LogP) is 6.56. The Morgan fingerprint density at radius 2 is 1.60 bits per heavy atom. The molecule has 0 heterocycles. The molecule has 4 rings (SSSR count). The Balaban J connectivity index is 1.71. The molecule has 2 amide bonds. The highest BCUT2D eigenvalue weighted by atomic mass is 79.9. The van der Waals surface area contributed by atoms with Gasteiger partial charge in [-0.3, -0.25) is 13.9 Å². The number of halogens is 2. The van der Waals surface area contributed by atoms with E-state index in [4.69, 9.17) is 16.3 Å². The third-order valence-electron chi connectivity index (χ3n) is 7.47. The van der Waals surface area contributed by atoms with Crippen LogP contribution in [0.3, 0.4) is 0 Å².